The number of fused-ring (bicyclic) bond motifs is 1. The number of rotatable bonds is 1. The molecule has 3 heteroatoms. The Morgan fingerprint density at radius 3 is 2.85 bits per heavy atom. The monoisotopic (exact) mass is 173 g/mol. The lowest BCUT2D eigenvalue weighted by molar-refractivity contribution is 1.23. The summed E-state index contributed by atoms with van der Waals surface area (Å²) >= 11 is 0. The van der Waals surface area contributed by atoms with Crippen LogP contribution in [0.1, 0.15) is 5.69 Å². The third-order valence-electron chi connectivity index (χ3n) is 1.99. The minimum absolute atomic E-state index is 0.880. The SMILES string of the molecule is CNc1nccc2nc(C)ccc12. The average molecular weight is 173 g/mol. The number of anilines is 1. The predicted octanol–water partition coefficient (Wildman–Crippen LogP) is 1.98. The van der Waals surface area contributed by atoms with E-state index in [1.807, 2.05) is 32.2 Å². The predicted molar refractivity (Wildman–Crippen MR) is 53.8 cm³/mol. The van der Waals surface area contributed by atoms with E-state index in [4.69, 9.17) is 0 Å². The molecule has 0 aliphatic carbocycles. The van der Waals surface area contributed by atoms with Crippen LogP contribution in [0.25, 0.3) is 10.9 Å². The number of aryl methyl sites for hydroxylation is 1. The molecular weight excluding hydrogens is 162 g/mol. The van der Waals surface area contributed by atoms with Gasteiger partial charge >= 0.3 is 0 Å². The van der Waals surface area contributed by atoms with Crippen molar-refractivity contribution in [2.24, 2.45) is 0 Å². The fourth-order valence-corrected chi connectivity index (χ4v) is 1.36. The van der Waals surface area contributed by atoms with E-state index in [2.05, 4.69) is 15.3 Å². The van der Waals surface area contributed by atoms with E-state index in [-0.39, 0.29) is 0 Å². The molecule has 0 saturated heterocycles. The van der Waals surface area contributed by atoms with Gasteiger partial charge in [0.2, 0.25) is 0 Å². The molecule has 0 fully saturated rings. The van der Waals surface area contributed by atoms with Crippen molar-refractivity contribution in [3.05, 3.63) is 30.1 Å². The number of aromatic nitrogens is 2. The molecular formula is C10H11N3. The van der Waals surface area contributed by atoms with Gasteiger partial charge in [0.05, 0.1) is 5.52 Å². The fourth-order valence-electron chi connectivity index (χ4n) is 1.36. The molecule has 2 rings (SSSR count). The highest BCUT2D eigenvalue weighted by atomic mass is 15.0. The summed E-state index contributed by atoms with van der Waals surface area (Å²) in [5.74, 6) is 0.880. The standard InChI is InChI=1S/C10H11N3/c1-7-3-4-8-9(13-7)5-6-12-10(8)11-2/h3-6H,1-2H3,(H,11,12). The topological polar surface area (TPSA) is 37.8 Å². The van der Waals surface area contributed by atoms with Crippen LogP contribution in [0.15, 0.2) is 24.4 Å². The molecule has 1 N–H and O–H groups in total. The Morgan fingerprint density at radius 1 is 1.23 bits per heavy atom. The molecule has 0 spiro atoms. The molecule has 0 radical (unpaired) electrons. The smallest absolute Gasteiger partial charge is 0.135 e. The van der Waals surface area contributed by atoms with Crippen LogP contribution in [-0.4, -0.2) is 17.0 Å². The van der Waals surface area contributed by atoms with E-state index in [1.165, 1.54) is 0 Å². The van der Waals surface area contributed by atoms with Gasteiger partial charge in [-0.1, -0.05) is 0 Å². The Balaban J connectivity index is 2.77. The molecule has 0 atom stereocenters. The van der Waals surface area contributed by atoms with Crippen LogP contribution in [0.5, 0.6) is 0 Å². The molecule has 2 heterocycles. The summed E-state index contributed by atoms with van der Waals surface area (Å²) < 4.78 is 0. The minimum atomic E-state index is 0.880. The molecule has 0 aliphatic heterocycles. The average Bonchev–Trinajstić information content (AvgIpc) is 2.16. The second kappa shape index (κ2) is 3.01. The summed E-state index contributed by atoms with van der Waals surface area (Å²) in [7, 11) is 1.86. The maximum Gasteiger partial charge on any atom is 0.135 e. The normalized spacial score (nSPS) is 10.3. The highest BCUT2D eigenvalue weighted by Crippen LogP contribution is 2.18. The van der Waals surface area contributed by atoms with Crippen molar-refractivity contribution in [1.82, 2.24) is 9.97 Å². The van der Waals surface area contributed by atoms with Gasteiger partial charge in [0.25, 0.3) is 0 Å². The highest BCUT2D eigenvalue weighted by Gasteiger charge is 2.00. The van der Waals surface area contributed by atoms with Gasteiger partial charge in [0.1, 0.15) is 5.82 Å². The van der Waals surface area contributed by atoms with Crippen LogP contribution in [0.2, 0.25) is 0 Å². The first-order valence-corrected chi connectivity index (χ1v) is 4.21. The van der Waals surface area contributed by atoms with E-state index < -0.39 is 0 Å². The van der Waals surface area contributed by atoms with Crippen LogP contribution >= 0.6 is 0 Å². The second-order valence-corrected chi connectivity index (χ2v) is 2.93. The van der Waals surface area contributed by atoms with Crippen molar-refractivity contribution in [2.75, 3.05) is 12.4 Å². The molecule has 0 bridgehead atoms. The van der Waals surface area contributed by atoms with Gasteiger partial charge in [-0.3, -0.25) is 4.98 Å². The first-order chi connectivity index (χ1) is 6.31. The van der Waals surface area contributed by atoms with E-state index in [0.29, 0.717) is 0 Å². The zero-order chi connectivity index (χ0) is 9.26. The zero-order valence-corrected chi connectivity index (χ0v) is 7.70. The van der Waals surface area contributed by atoms with Crippen LogP contribution in [-0.2, 0) is 0 Å². The molecule has 0 aromatic carbocycles. The van der Waals surface area contributed by atoms with Crippen molar-refractivity contribution in [3.63, 3.8) is 0 Å². The van der Waals surface area contributed by atoms with E-state index in [0.717, 1.165) is 22.4 Å². The Bertz CT molecular complexity index is 437. The van der Waals surface area contributed by atoms with Gasteiger partial charge in [0.15, 0.2) is 0 Å². The molecule has 0 amide bonds. The van der Waals surface area contributed by atoms with Gasteiger partial charge in [-0.15, -0.1) is 0 Å². The minimum Gasteiger partial charge on any atom is -0.373 e. The molecule has 0 unspecified atom stereocenters. The molecule has 3 nitrogen and oxygen atoms in total. The van der Waals surface area contributed by atoms with Crippen LogP contribution in [0, 0.1) is 6.92 Å². The van der Waals surface area contributed by atoms with Gasteiger partial charge < -0.3 is 5.32 Å². The van der Waals surface area contributed by atoms with E-state index >= 15 is 0 Å². The van der Waals surface area contributed by atoms with E-state index in [1.54, 1.807) is 6.20 Å². The Labute approximate surface area is 76.8 Å². The van der Waals surface area contributed by atoms with Gasteiger partial charge in [0, 0.05) is 24.3 Å². The van der Waals surface area contributed by atoms with Gasteiger partial charge in [-0.2, -0.15) is 0 Å². The Hall–Kier alpha value is -1.64. The van der Waals surface area contributed by atoms with Crippen molar-refractivity contribution >= 4 is 16.7 Å². The summed E-state index contributed by atoms with van der Waals surface area (Å²) in [5.41, 5.74) is 2.01. The maximum absolute atomic E-state index is 4.40. The van der Waals surface area contributed by atoms with Gasteiger partial charge in [-0.25, -0.2) is 4.98 Å². The van der Waals surface area contributed by atoms with Crippen LogP contribution in [0.4, 0.5) is 5.82 Å². The summed E-state index contributed by atoms with van der Waals surface area (Å²) in [6.07, 6.45) is 1.76. The summed E-state index contributed by atoms with van der Waals surface area (Å²) in [6, 6.07) is 5.95. The zero-order valence-electron chi connectivity index (χ0n) is 7.70. The maximum atomic E-state index is 4.40. The number of pyridine rings is 2. The third kappa shape index (κ3) is 1.33. The number of hydrogen-bond donors (Lipinski definition) is 1. The molecule has 66 valence electrons. The first kappa shape index (κ1) is 7.98. The van der Waals surface area contributed by atoms with Crippen LogP contribution in [0.3, 0.4) is 0 Å². The Morgan fingerprint density at radius 2 is 2.08 bits per heavy atom. The Kier molecular flexibility index (Phi) is 1.85. The number of nitrogens with zero attached hydrogens (tertiary/aromatic N) is 2. The summed E-state index contributed by atoms with van der Waals surface area (Å²) in [4.78, 5) is 8.61. The lowest BCUT2D eigenvalue weighted by atomic mass is 10.2. The molecule has 13 heavy (non-hydrogen) atoms. The van der Waals surface area contributed by atoms with Gasteiger partial charge in [-0.05, 0) is 25.1 Å². The summed E-state index contributed by atoms with van der Waals surface area (Å²) in [5, 5.41) is 4.10. The lowest BCUT2D eigenvalue weighted by Crippen LogP contribution is -1.94. The molecule has 0 saturated carbocycles. The fraction of sp³-hybridized carbons (Fsp3) is 0.200. The lowest BCUT2D eigenvalue weighted by Gasteiger charge is -2.03. The molecule has 2 aromatic rings. The van der Waals surface area contributed by atoms with Crippen LogP contribution < -0.4 is 5.32 Å². The summed E-state index contributed by atoms with van der Waals surface area (Å²) in [6.45, 7) is 1.99. The van der Waals surface area contributed by atoms with Crippen molar-refractivity contribution in [3.8, 4) is 0 Å². The quantitative estimate of drug-likeness (QED) is 0.716. The number of hydrogen-bond acceptors (Lipinski definition) is 3. The highest BCUT2D eigenvalue weighted by molar-refractivity contribution is 5.88. The van der Waals surface area contributed by atoms with Crippen molar-refractivity contribution < 1.29 is 0 Å². The molecule has 2 aromatic heterocycles. The van der Waals surface area contributed by atoms with E-state index in [9.17, 15) is 0 Å². The van der Waals surface area contributed by atoms with Crippen molar-refractivity contribution in [2.45, 2.75) is 6.92 Å². The second-order valence-electron chi connectivity index (χ2n) is 2.93. The number of nitrogens with one attached hydrogen (secondary N) is 1. The molecule has 0 aliphatic rings. The first-order valence-electron chi connectivity index (χ1n) is 4.21. The third-order valence-corrected chi connectivity index (χ3v) is 1.99. The largest absolute Gasteiger partial charge is 0.373 e. The van der Waals surface area contributed by atoms with Crippen molar-refractivity contribution in [1.29, 1.82) is 0 Å².